The average molecular weight is 318 g/mol. The molecular formula is C11H19Cl3N2O2. The number of carbonyl (C=O) groups excluding carboxylic acids is 2. The van der Waals surface area contributed by atoms with Crippen LogP contribution in [0.5, 0.6) is 0 Å². The Morgan fingerprint density at radius 3 is 1.22 bits per heavy atom. The van der Waals surface area contributed by atoms with E-state index in [2.05, 4.69) is 0 Å². The van der Waals surface area contributed by atoms with Gasteiger partial charge < -0.3 is 9.80 Å². The van der Waals surface area contributed by atoms with Crippen molar-refractivity contribution in [3.05, 3.63) is 0 Å². The van der Waals surface area contributed by atoms with Crippen LogP contribution in [0.3, 0.4) is 0 Å². The van der Waals surface area contributed by atoms with Crippen LogP contribution in [-0.2, 0) is 9.59 Å². The van der Waals surface area contributed by atoms with Crippen molar-refractivity contribution in [3.8, 4) is 0 Å². The lowest BCUT2D eigenvalue weighted by Gasteiger charge is -2.03. The summed E-state index contributed by atoms with van der Waals surface area (Å²) in [5, 5.41) is 0. The molecule has 0 bridgehead atoms. The molecule has 2 aliphatic rings. The maximum Gasteiger partial charge on any atom is 0.222 e. The summed E-state index contributed by atoms with van der Waals surface area (Å²) in [4.78, 5) is 24.5. The van der Waals surface area contributed by atoms with E-state index in [1.54, 1.807) is 9.80 Å². The molecule has 0 aromatic carbocycles. The Morgan fingerprint density at radius 2 is 1.17 bits per heavy atom. The van der Waals surface area contributed by atoms with Gasteiger partial charge in [0.25, 0.3) is 0 Å². The summed E-state index contributed by atoms with van der Waals surface area (Å²) < 4.78 is -0.750. The van der Waals surface area contributed by atoms with Crippen molar-refractivity contribution in [2.45, 2.75) is 30.0 Å². The van der Waals surface area contributed by atoms with E-state index < -0.39 is 4.30 Å². The lowest BCUT2D eigenvalue weighted by molar-refractivity contribution is -0.127. The lowest BCUT2D eigenvalue weighted by Crippen LogP contribution is -2.17. The van der Waals surface area contributed by atoms with Gasteiger partial charge in [-0.3, -0.25) is 9.59 Å². The Morgan fingerprint density at radius 1 is 0.889 bits per heavy atom. The van der Waals surface area contributed by atoms with Crippen molar-refractivity contribution in [1.29, 1.82) is 0 Å². The van der Waals surface area contributed by atoms with Crippen LogP contribution in [0.4, 0.5) is 0 Å². The summed E-state index contributed by atoms with van der Waals surface area (Å²) in [7, 11) is 3.69. The van der Waals surface area contributed by atoms with Crippen LogP contribution < -0.4 is 0 Å². The minimum Gasteiger partial charge on any atom is -0.346 e. The zero-order valence-corrected chi connectivity index (χ0v) is 12.9. The molecule has 7 heteroatoms. The molecule has 0 unspecified atom stereocenters. The SMILES string of the molecule is CN1CCCC1=O.CN1CCCC1=O.ClC(Cl)Cl. The molecule has 0 saturated carbocycles. The Bertz CT molecular complexity index is 248. The molecule has 2 heterocycles. The highest BCUT2D eigenvalue weighted by Gasteiger charge is 2.14. The number of hydrogen-bond acceptors (Lipinski definition) is 2. The highest BCUT2D eigenvalue weighted by molar-refractivity contribution is 6.63. The number of nitrogens with zero attached hydrogens (tertiary/aromatic N) is 2. The predicted octanol–water partition coefficient (Wildman–Crippen LogP) is 2.46. The van der Waals surface area contributed by atoms with Crippen LogP contribution in [0.2, 0.25) is 0 Å². The van der Waals surface area contributed by atoms with Crippen molar-refractivity contribution in [3.63, 3.8) is 0 Å². The van der Waals surface area contributed by atoms with Crippen molar-refractivity contribution in [2.75, 3.05) is 27.2 Å². The third-order valence-electron chi connectivity index (χ3n) is 2.62. The number of rotatable bonds is 0. The van der Waals surface area contributed by atoms with Crippen LogP contribution in [0, 0.1) is 0 Å². The monoisotopic (exact) mass is 316 g/mol. The maximum absolute atomic E-state index is 10.5. The first-order chi connectivity index (χ1) is 8.34. The van der Waals surface area contributed by atoms with Crippen molar-refractivity contribution >= 4 is 46.6 Å². The molecule has 106 valence electrons. The summed E-state index contributed by atoms with van der Waals surface area (Å²) >= 11 is 14.4. The van der Waals surface area contributed by atoms with Crippen LogP contribution in [0.25, 0.3) is 0 Å². The first kappa shape index (κ1) is 17.8. The topological polar surface area (TPSA) is 40.6 Å². The van der Waals surface area contributed by atoms with Crippen LogP contribution in [0.15, 0.2) is 0 Å². The van der Waals surface area contributed by atoms with Gasteiger partial charge in [-0.15, -0.1) is 0 Å². The lowest BCUT2D eigenvalue weighted by atomic mass is 10.4. The predicted molar refractivity (Wildman–Crippen MR) is 75.1 cm³/mol. The Balaban J connectivity index is 0.000000253. The minimum absolute atomic E-state index is 0.292. The number of alkyl halides is 3. The third kappa shape index (κ3) is 8.84. The highest BCUT2D eigenvalue weighted by Crippen LogP contribution is 2.05. The number of amides is 2. The fourth-order valence-corrected chi connectivity index (χ4v) is 1.57. The zero-order valence-electron chi connectivity index (χ0n) is 10.7. The summed E-state index contributed by atoms with van der Waals surface area (Å²) in [5.41, 5.74) is 0. The van der Waals surface area contributed by atoms with Crippen molar-refractivity contribution < 1.29 is 9.59 Å². The molecule has 2 fully saturated rings. The largest absolute Gasteiger partial charge is 0.346 e. The Hall–Kier alpha value is -0.190. The fourth-order valence-electron chi connectivity index (χ4n) is 1.57. The second-order valence-electron chi connectivity index (χ2n) is 4.09. The van der Waals surface area contributed by atoms with E-state index in [0.29, 0.717) is 11.8 Å². The molecule has 18 heavy (non-hydrogen) atoms. The van der Waals surface area contributed by atoms with E-state index >= 15 is 0 Å². The second kappa shape index (κ2) is 9.70. The highest BCUT2D eigenvalue weighted by atomic mass is 35.6. The molecule has 0 radical (unpaired) electrons. The van der Waals surface area contributed by atoms with Gasteiger partial charge in [-0.25, -0.2) is 0 Å². The molecule has 2 amide bonds. The van der Waals surface area contributed by atoms with Crippen LogP contribution >= 0.6 is 34.8 Å². The van der Waals surface area contributed by atoms with E-state index in [1.807, 2.05) is 14.1 Å². The van der Waals surface area contributed by atoms with Gasteiger partial charge in [-0.05, 0) is 12.8 Å². The third-order valence-corrected chi connectivity index (χ3v) is 2.62. The molecule has 0 atom stereocenters. The summed E-state index contributed by atoms with van der Waals surface area (Å²) in [6, 6.07) is 0. The quantitative estimate of drug-likeness (QED) is 0.644. The summed E-state index contributed by atoms with van der Waals surface area (Å²) in [6.07, 6.45) is 3.62. The number of carbonyl (C=O) groups is 2. The number of hydrogen-bond donors (Lipinski definition) is 0. The van der Waals surface area contributed by atoms with E-state index in [1.165, 1.54) is 0 Å². The molecule has 0 N–H and O–H groups in total. The molecule has 0 aromatic heterocycles. The molecular weight excluding hydrogens is 298 g/mol. The molecule has 2 aliphatic heterocycles. The zero-order chi connectivity index (χ0) is 14.1. The molecule has 4 nitrogen and oxygen atoms in total. The van der Waals surface area contributed by atoms with Crippen molar-refractivity contribution in [2.24, 2.45) is 0 Å². The molecule has 2 saturated heterocycles. The van der Waals surface area contributed by atoms with Crippen LogP contribution in [0.1, 0.15) is 25.7 Å². The van der Waals surface area contributed by atoms with Gasteiger partial charge in [0.15, 0.2) is 4.30 Å². The smallest absolute Gasteiger partial charge is 0.222 e. The van der Waals surface area contributed by atoms with Gasteiger partial charge in [0.05, 0.1) is 0 Å². The number of halogens is 3. The molecule has 0 spiro atoms. The van der Waals surface area contributed by atoms with Gasteiger partial charge in [0.2, 0.25) is 11.8 Å². The molecule has 2 rings (SSSR count). The van der Waals surface area contributed by atoms with Crippen molar-refractivity contribution in [1.82, 2.24) is 9.80 Å². The van der Waals surface area contributed by atoms with Gasteiger partial charge in [0, 0.05) is 40.0 Å². The van der Waals surface area contributed by atoms with E-state index in [-0.39, 0.29) is 0 Å². The van der Waals surface area contributed by atoms with Gasteiger partial charge >= 0.3 is 0 Å². The van der Waals surface area contributed by atoms with Crippen LogP contribution in [-0.4, -0.2) is 53.1 Å². The summed E-state index contributed by atoms with van der Waals surface area (Å²) in [6.45, 7) is 1.91. The standard InChI is InChI=1S/2C5H9NO.CHCl3/c2*1-6-4-2-3-5(6)7;2-1(3)4/h2*2-4H2,1H3;1H. The van der Waals surface area contributed by atoms with E-state index in [0.717, 1.165) is 38.8 Å². The fraction of sp³-hybridized carbons (Fsp3) is 0.818. The molecule has 0 aliphatic carbocycles. The molecule has 0 aromatic rings. The Kier molecular flexibility index (Phi) is 9.60. The summed E-state index contributed by atoms with van der Waals surface area (Å²) in [5.74, 6) is 0.583. The van der Waals surface area contributed by atoms with Gasteiger partial charge in [-0.1, -0.05) is 34.8 Å². The van der Waals surface area contributed by atoms with Gasteiger partial charge in [0.1, 0.15) is 0 Å². The average Bonchev–Trinajstić information content (AvgIpc) is 2.79. The van der Waals surface area contributed by atoms with E-state index in [9.17, 15) is 9.59 Å². The Labute approximate surface area is 123 Å². The van der Waals surface area contributed by atoms with Gasteiger partial charge in [-0.2, -0.15) is 0 Å². The normalized spacial score (nSPS) is 18.6. The first-order valence-electron chi connectivity index (χ1n) is 5.74. The number of likely N-dealkylation sites (tertiary alicyclic amines) is 2. The maximum atomic E-state index is 10.5. The first-order valence-corrected chi connectivity index (χ1v) is 7.05. The second-order valence-corrected chi connectivity index (χ2v) is 6.06. The minimum atomic E-state index is -0.750. The van der Waals surface area contributed by atoms with E-state index in [4.69, 9.17) is 34.8 Å².